The molecule has 1 rings (SSSR count). The highest BCUT2D eigenvalue weighted by Gasteiger charge is 2.08. The Hall–Kier alpha value is -2.03. The lowest BCUT2D eigenvalue weighted by Crippen LogP contribution is -2.00. The number of carbonyl (C=O) groups is 1. The Kier molecular flexibility index (Phi) is 7.30. The molecule has 114 valence electrons. The molecule has 0 saturated heterocycles. The van der Waals surface area contributed by atoms with Crippen molar-refractivity contribution < 1.29 is 14.3 Å². The van der Waals surface area contributed by atoms with Gasteiger partial charge >= 0.3 is 0 Å². The summed E-state index contributed by atoms with van der Waals surface area (Å²) in [6, 6.07) is 5.34. The largest absolute Gasteiger partial charge is 0.496 e. The lowest BCUT2D eigenvalue weighted by Gasteiger charge is -2.10. The third kappa shape index (κ3) is 5.86. The van der Waals surface area contributed by atoms with Gasteiger partial charge in [-0.2, -0.15) is 0 Å². The van der Waals surface area contributed by atoms with E-state index in [0.29, 0.717) is 23.7 Å². The van der Waals surface area contributed by atoms with Gasteiger partial charge in [0.2, 0.25) is 0 Å². The lowest BCUT2D eigenvalue weighted by atomic mass is 10.1. The third-order valence-electron chi connectivity index (χ3n) is 3.13. The molecule has 0 spiro atoms. The van der Waals surface area contributed by atoms with Gasteiger partial charge in [0.25, 0.3) is 0 Å². The van der Waals surface area contributed by atoms with E-state index in [2.05, 4.69) is 26.8 Å². The van der Waals surface area contributed by atoms with Crippen LogP contribution in [0.3, 0.4) is 0 Å². The minimum absolute atomic E-state index is 0.453. The predicted molar refractivity (Wildman–Crippen MR) is 86.3 cm³/mol. The van der Waals surface area contributed by atoms with Gasteiger partial charge in [-0.15, -0.1) is 0 Å². The monoisotopic (exact) mass is 288 g/mol. The minimum atomic E-state index is 0.453. The molecule has 0 aromatic heterocycles. The third-order valence-corrected chi connectivity index (χ3v) is 3.13. The van der Waals surface area contributed by atoms with E-state index < -0.39 is 0 Å². The first-order valence-electron chi connectivity index (χ1n) is 7.12. The Morgan fingerprint density at radius 1 is 1.14 bits per heavy atom. The maximum Gasteiger partial charge on any atom is 0.157 e. The van der Waals surface area contributed by atoms with Crippen LogP contribution in [0.5, 0.6) is 11.5 Å². The molecule has 0 aliphatic rings. The maximum atomic E-state index is 11.1. The Balaban J connectivity index is 2.59. The molecule has 3 heteroatoms. The topological polar surface area (TPSA) is 35.5 Å². The van der Waals surface area contributed by atoms with Crippen molar-refractivity contribution in [1.29, 1.82) is 0 Å². The molecular formula is C18H24O3. The van der Waals surface area contributed by atoms with Crippen molar-refractivity contribution in [2.75, 3.05) is 13.7 Å². The number of hydrogen-bond acceptors (Lipinski definition) is 3. The van der Waals surface area contributed by atoms with Crippen LogP contribution in [0, 0.1) is 0 Å². The molecule has 0 bridgehead atoms. The Bertz CT molecular complexity index is 523. The molecule has 0 aliphatic heterocycles. The molecule has 0 saturated carbocycles. The molecular weight excluding hydrogens is 264 g/mol. The number of aldehydes is 1. The van der Waals surface area contributed by atoms with Crippen molar-refractivity contribution in [3.05, 3.63) is 47.1 Å². The lowest BCUT2D eigenvalue weighted by molar-refractivity contribution is 0.111. The fourth-order valence-electron chi connectivity index (χ4n) is 1.91. The molecule has 0 atom stereocenters. The van der Waals surface area contributed by atoms with Gasteiger partial charge < -0.3 is 9.47 Å². The van der Waals surface area contributed by atoms with E-state index in [1.54, 1.807) is 19.2 Å². The van der Waals surface area contributed by atoms with Crippen LogP contribution in [0.15, 0.2) is 41.5 Å². The van der Waals surface area contributed by atoms with Crippen LogP contribution in [0.4, 0.5) is 0 Å². The van der Waals surface area contributed by atoms with Gasteiger partial charge in [-0.25, -0.2) is 0 Å². The second kappa shape index (κ2) is 9.01. The van der Waals surface area contributed by atoms with E-state index in [9.17, 15) is 4.79 Å². The molecule has 1 aromatic carbocycles. The number of allylic oxidation sites excluding steroid dienone is 3. The van der Waals surface area contributed by atoms with Gasteiger partial charge in [-0.3, -0.25) is 4.79 Å². The summed E-state index contributed by atoms with van der Waals surface area (Å²) in [5.74, 6) is 1.09. The van der Waals surface area contributed by atoms with Crippen LogP contribution < -0.4 is 9.47 Å². The highest BCUT2D eigenvalue weighted by molar-refractivity contribution is 5.83. The number of rotatable bonds is 8. The predicted octanol–water partition coefficient (Wildman–Crippen LogP) is 4.58. The van der Waals surface area contributed by atoms with Crippen molar-refractivity contribution >= 4 is 6.29 Å². The van der Waals surface area contributed by atoms with Gasteiger partial charge in [-0.05, 0) is 51.8 Å². The Morgan fingerprint density at radius 2 is 1.86 bits per heavy atom. The number of benzene rings is 1. The number of ether oxygens (including phenoxy) is 2. The van der Waals surface area contributed by atoms with E-state index in [4.69, 9.17) is 9.47 Å². The van der Waals surface area contributed by atoms with Crippen molar-refractivity contribution in [2.24, 2.45) is 0 Å². The molecule has 0 unspecified atom stereocenters. The van der Waals surface area contributed by atoms with Crippen molar-refractivity contribution in [1.82, 2.24) is 0 Å². The molecule has 0 heterocycles. The summed E-state index contributed by atoms with van der Waals surface area (Å²) in [6.07, 6.45) is 7.10. The maximum absolute atomic E-state index is 11.1. The number of hydrogen-bond donors (Lipinski definition) is 0. The quantitative estimate of drug-likeness (QED) is 0.519. The molecule has 1 aromatic rings. The first-order valence-corrected chi connectivity index (χ1v) is 7.12. The zero-order valence-electron chi connectivity index (χ0n) is 13.3. The van der Waals surface area contributed by atoms with Crippen LogP contribution in [0.25, 0.3) is 0 Å². The summed E-state index contributed by atoms with van der Waals surface area (Å²) in [5.41, 5.74) is 3.07. The van der Waals surface area contributed by atoms with Gasteiger partial charge in [0.15, 0.2) is 6.29 Å². The molecule has 21 heavy (non-hydrogen) atoms. The molecule has 0 fully saturated rings. The van der Waals surface area contributed by atoms with Crippen molar-refractivity contribution in [3.8, 4) is 11.5 Å². The average Bonchev–Trinajstić information content (AvgIpc) is 2.46. The number of carbonyl (C=O) groups excluding carboxylic acids is 1. The smallest absolute Gasteiger partial charge is 0.157 e. The second-order valence-corrected chi connectivity index (χ2v) is 5.17. The summed E-state index contributed by atoms with van der Waals surface area (Å²) in [6.45, 7) is 6.75. The van der Waals surface area contributed by atoms with Gasteiger partial charge in [-0.1, -0.05) is 23.3 Å². The summed E-state index contributed by atoms with van der Waals surface area (Å²) >= 11 is 0. The van der Waals surface area contributed by atoms with E-state index in [1.165, 1.54) is 11.1 Å². The second-order valence-electron chi connectivity index (χ2n) is 5.17. The van der Waals surface area contributed by atoms with Crippen LogP contribution >= 0.6 is 0 Å². The zero-order valence-corrected chi connectivity index (χ0v) is 13.3. The highest BCUT2D eigenvalue weighted by Crippen LogP contribution is 2.26. The summed E-state index contributed by atoms with van der Waals surface area (Å²) in [7, 11) is 1.54. The first-order chi connectivity index (χ1) is 10.1. The molecule has 0 radical (unpaired) electrons. The normalized spacial score (nSPS) is 11.0. The van der Waals surface area contributed by atoms with Gasteiger partial charge in [0, 0.05) is 0 Å². The van der Waals surface area contributed by atoms with Crippen LogP contribution in [0.1, 0.15) is 44.0 Å². The number of methoxy groups -OCH3 is 1. The molecule has 0 aliphatic carbocycles. The average molecular weight is 288 g/mol. The van der Waals surface area contributed by atoms with E-state index in [0.717, 1.165) is 19.1 Å². The highest BCUT2D eigenvalue weighted by atomic mass is 16.5. The van der Waals surface area contributed by atoms with Crippen molar-refractivity contribution in [3.63, 3.8) is 0 Å². The van der Waals surface area contributed by atoms with E-state index in [-0.39, 0.29) is 0 Å². The summed E-state index contributed by atoms with van der Waals surface area (Å²) in [5, 5.41) is 0. The Morgan fingerprint density at radius 3 is 2.48 bits per heavy atom. The van der Waals surface area contributed by atoms with Crippen LogP contribution in [-0.2, 0) is 0 Å². The van der Waals surface area contributed by atoms with Crippen LogP contribution in [0.2, 0.25) is 0 Å². The molecule has 0 amide bonds. The molecule has 3 nitrogen and oxygen atoms in total. The van der Waals surface area contributed by atoms with Gasteiger partial charge in [0.05, 0.1) is 12.7 Å². The summed E-state index contributed by atoms with van der Waals surface area (Å²) in [4.78, 5) is 11.1. The fraction of sp³-hybridized carbons (Fsp3) is 0.389. The Labute approximate surface area is 127 Å². The summed E-state index contributed by atoms with van der Waals surface area (Å²) < 4.78 is 10.8. The minimum Gasteiger partial charge on any atom is -0.496 e. The first kappa shape index (κ1) is 17.0. The zero-order chi connectivity index (χ0) is 15.7. The van der Waals surface area contributed by atoms with Gasteiger partial charge in [0.1, 0.15) is 18.1 Å². The standard InChI is InChI=1S/C18H24O3/c1-14(2)7-5-8-15(3)11-12-21-18-10-6-9-17(20-4)16(18)13-19/h6-7,9-11,13H,5,8,12H2,1-4H3/b15-11+. The molecule has 0 N–H and O–H groups in total. The van der Waals surface area contributed by atoms with Crippen molar-refractivity contribution in [2.45, 2.75) is 33.6 Å². The van der Waals surface area contributed by atoms with E-state index >= 15 is 0 Å². The SMILES string of the molecule is COc1cccc(OC/C=C(\C)CCC=C(C)C)c1C=O. The van der Waals surface area contributed by atoms with E-state index in [1.807, 2.05) is 12.1 Å². The fourth-order valence-corrected chi connectivity index (χ4v) is 1.91. The van der Waals surface area contributed by atoms with Crippen LogP contribution in [-0.4, -0.2) is 20.0 Å².